The summed E-state index contributed by atoms with van der Waals surface area (Å²) in [5, 5.41) is 8.62. The minimum Gasteiger partial charge on any atom is -0.396 e. The van der Waals surface area contributed by atoms with Gasteiger partial charge in [-0.05, 0) is 51.4 Å². The van der Waals surface area contributed by atoms with Crippen LogP contribution in [0.5, 0.6) is 0 Å². The SMILES string of the molecule is COCCCCOCCCCOCCCCOCCCCO. The van der Waals surface area contributed by atoms with E-state index >= 15 is 0 Å². The fraction of sp³-hybridized carbons (Fsp3) is 1.00. The molecule has 0 bridgehead atoms. The summed E-state index contributed by atoms with van der Waals surface area (Å²) in [4.78, 5) is 0. The van der Waals surface area contributed by atoms with Crippen molar-refractivity contribution in [2.24, 2.45) is 0 Å². The third-order valence-electron chi connectivity index (χ3n) is 3.24. The Hall–Kier alpha value is -0.200. The number of ether oxygens (including phenoxy) is 4. The molecule has 1 N–H and O–H groups in total. The molecule has 0 fully saturated rings. The number of rotatable bonds is 19. The maximum atomic E-state index is 8.62. The number of aliphatic hydroxyl groups excluding tert-OH is 1. The van der Waals surface area contributed by atoms with E-state index in [2.05, 4.69) is 0 Å². The van der Waals surface area contributed by atoms with Crippen LogP contribution < -0.4 is 0 Å². The molecule has 0 aromatic heterocycles. The van der Waals surface area contributed by atoms with Crippen LogP contribution in [0.1, 0.15) is 51.4 Å². The summed E-state index contributed by atoms with van der Waals surface area (Å²) in [7, 11) is 1.73. The fourth-order valence-electron chi connectivity index (χ4n) is 1.89. The molecule has 0 aromatic carbocycles. The van der Waals surface area contributed by atoms with E-state index in [4.69, 9.17) is 24.1 Å². The summed E-state index contributed by atoms with van der Waals surface area (Å²) in [5.74, 6) is 0. The molecule has 0 amide bonds. The predicted octanol–water partition coefficient (Wildman–Crippen LogP) is 2.80. The van der Waals surface area contributed by atoms with Gasteiger partial charge in [0.1, 0.15) is 0 Å². The Morgan fingerprint density at radius 3 is 1.14 bits per heavy atom. The van der Waals surface area contributed by atoms with Crippen LogP contribution in [0.15, 0.2) is 0 Å². The molecule has 22 heavy (non-hydrogen) atoms. The van der Waals surface area contributed by atoms with E-state index in [0.717, 1.165) is 97.6 Å². The Balaban J connectivity index is 2.91. The molecule has 0 saturated carbocycles. The van der Waals surface area contributed by atoms with Gasteiger partial charge in [0, 0.05) is 60.0 Å². The lowest BCUT2D eigenvalue weighted by molar-refractivity contribution is 0.0867. The van der Waals surface area contributed by atoms with Crippen molar-refractivity contribution in [2.45, 2.75) is 51.4 Å². The smallest absolute Gasteiger partial charge is 0.0466 e. The first kappa shape index (κ1) is 21.8. The molecular weight excluding hydrogens is 284 g/mol. The molecule has 0 aromatic rings. The summed E-state index contributed by atoms with van der Waals surface area (Å²) < 4.78 is 21.5. The molecule has 0 rings (SSSR count). The minimum atomic E-state index is 0.260. The standard InChI is InChI=1S/C17H36O5/c1-19-11-4-5-13-21-15-8-9-17-22-16-7-6-14-20-12-3-2-10-18/h18H,2-17H2,1H3. The third kappa shape index (κ3) is 19.8. The molecule has 5 heteroatoms. The Morgan fingerprint density at radius 2 is 0.818 bits per heavy atom. The molecule has 0 saturated heterocycles. The van der Waals surface area contributed by atoms with E-state index in [0.29, 0.717) is 0 Å². The van der Waals surface area contributed by atoms with Gasteiger partial charge in [0.2, 0.25) is 0 Å². The van der Waals surface area contributed by atoms with Crippen molar-refractivity contribution >= 4 is 0 Å². The Bertz CT molecular complexity index is 170. The number of unbranched alkanes of at least 4 members (excludes halogenated alkanes) is 4. The number of aliphatic hydroxyl groups is 1. The van der Waals surface area contributed by atoms with Gasteiger partial charge in [0.25, 0.3) is 0 Å². The zero-order chi connectivity index (χ0) is 16.1. The molecule has 0 spiro atoms. The highest BCUT2D eigenvalue weighted by Gasteiger charge is 1.94. The van der Waals surface area contributed by atoms with Crippen LogP contribution in [0, 0.1) is 0 Å². The highest BCUT2D eigenvalue weighted by Crippen LogP contribution is 1.97. The molecule has 0 aliphatic carbocycles. The topological polar surface area (TPSA) is 57.2 Å². The van der Waals surface area contributed by atoms with E-state index in [1.807, 2.05) is 0 Å². The maximum absolute atomic E-state index is 8.62. The average molecular weight is 320 g/mol. The van der Waals surface area contributed by atoms with Crippen molar-refractivity contribution in [1.29, 1.82) is 0 Å². The van der Waals surface area contributed by atoms with E-state index in [9.17, 15) is 0 Å². The summed E-state index contributed by atoms with van der Waals surface area (Å²) in [6, 6.07) is 0. The van der Waals surface area contributed by atoms with Crippen molar-refractivity contribution < 1.29 is 24.1 Å². The van der Waals surface area contributed by atoms with Gasteiger partial charge in [-0.15, -0.1) is 0 Å². The molecule has 0 aliphatic heterocycles. The monoisotopic (exact) mass is 320 g/mol. The molecule has 0 unspecified atom stereocenters. The quantitative estimate of drug-likeness (QED) is 0.371. The molecule has 0 radical (unpaired) electrons. The lowest BCUT2D eigenvalue weighted by Crippen LogP contribution is -2.03. The highest BCUT2D eigenvalue weighted by molar-refractivity contribution is 4.43. The molecular formula is C17H36O5. The largest absolute Gasteiger partial charge is 0.396 e. The van der Waals surface area contributed by atoms with Crippen molar-refractivity contribution in [3.63, 3.8) is 0 Å². The van der Waals surface area contributed by atoms with Gasteiger partial charge in [0.15, 0.2) is 0 Å². The maximum Gasteiger partial charge on any atom is 0.0466 e. The van der Waals surface area contributed by atoms with E-state index < -0.39 is 0 Å². The fourth-order valence-corrected chi connectivity index (χ4v) is 1.89. The van der Waals surface area contributed by atoms with E-state index in [1.54, 1.807) is 7.11 Å². The van der Waals surface area contributed by atoms with Crippen LogP contribution in [0.3, 0.4) is 0 Å². The molecule has 0 atom stereocenters. The second-order valence-electron chi connectivity index (χ2n) is 5.38. The number of hydrogen-bond acceptors (Lipinski definition) is 5. The Morgan fingerprint density at radius 1 is 0.500 bits per heavy atom. The first-order valence-corrected chi connectivity index (χ1v) is 8.75. The molecule has 0 heterocycles. The van der Waals surface area contributed by atoms with Crippen LogP contribution in [-0.2, 0) is 18.9 Å². The van der Waals surface area contributed by atoms with Gasteiger partial charge in [0.05, 0.1) is 0 Å². The van der Waals surface area contributed by atoms with Gasteiger partial charge < -0.3 is 24.1 Å². The lowest BCUT2D eigenvalue weighted by Gasteiger charge is -2.06. The zero-order valence-corrected chi connectivity index (χ0v) is 14.4. The van der Waals surface area contributed by atoms with Gasteiger partial charge in [-0.3, -0.25) is 0 Å². The summed E-state index contributed by atoms with van der Waals surface area (Å²) >= 11 is 0. The molecule has 0 aliphatic rings. The van der Waals surface area contributed by atoms with Crippen molar-refractivity contribution in [3.05, 3.63) is 0 Å². The van der Waals surface area contributed by atoms with Gasteiger partial charge in [-0.25, -0.2) is 0 Å². The van der Waals surface area contributed by atoms with Crippen molar-refractivity contribution in [2.75, 3.05) is 60.0 Å². The first-order chi connectivity index (χ1) is 10.9. The highest BCUT2D eigenvalue weighted by atomic mass is 16.5. The lowest BCUT2D eigenvalue weighted by atomic mass is 10.3. The third-order valence-corrected chi connectivity index (χ3v) is 3.24. The zero-order valence-electron chi connectivity index (χ0n) is 14.4. The number of methoxy groups -OCH3 is 1. The van der Waals surface area contributed by atoms with Gasteiger partial charge in [-0.1, -0.05) is 0 Å². The first-order valence-electron chi connectivity index (χ1n) is 8.75. The Labute approximate surface area is 136 Å². The van der Waals surface area contributed by atoms with Gasteiger partial charge >= 0.3 is 0 Å². The molecule has 5 nitrogen and oxygen atoms in total. The second-order valence-corrected chi connectivity index (χ2v) is 5.38. The summed E-state index contributed by atoms with van der Waals surface area (Å²) in [5.41, 5.74) is 0. The number of hydrogen-bond donors (Lipinski definition) is 1. The average Bonchev–Trinajstić information content (AvgIpc) is 2.54. The van der Waals surface area contributed by atoms with Gasteiger partial charge in [-0.2, -0.15) is 0 Å². The van der Waals surface area contributed by atoms with Crippen LogP contribution in [0.2, 0.25) is 0 Å². The second kappa shape index (κ2) is 20.8. The van der Waals surface area contributed by atoms with Crippen molar-refractivity contribution in [1.82, 2.24) is 0 Å². The van der Waals surface area contributed by atoms with Crippen LogP contribution in [0.4, 0.5) is 0 Å². The van der Waals surface area contributed by atoms with Crippen molar-refractivity contribution in [3.8, 4) is 0 Å². The van der Waals surface area contributed by atoms with Crippen LogP contribution in [-0.4, -0.2) is 65.1 Å². The summed E-state index contributed by atoms with van der Waals surface area (Å²) in [6.45, 7) is 5.95. The molecule has 134 valence electrons. The summed E-state index contributed by atoms with van der Waals surface area (Å²) in [6.07, 6.45) is 8.16. The Kier molecular flexibility index (Phi) is 20.6. The van der Waals surface area contributed by atoms with Crippen LogP contribution in [0.25, 0.3) is 0 Å². The predicted molar refractivity (Wildman–Crippen MR) is 88.4 cm³/mol. The van der Waals surface area contributed by atoms with E-state index in [-0.39, 0.29) is 6.61 Å². The minimum absolute atomic E-state index is 0.260. The van der Waals surface area contributed by atoms with E-state index in [1.165, 1.54) is 0 Å². The normalized spacial score (nSPS) is 11.2. The van der Waals surface area contributed by atoms with Crippen LogP contribution >= 0.6 is 0 Å².